The topological polar surface area (TPSA) is 114 Å². The Morgan fingerprint density at radius 3 is 2.32 bits per heavy atom. The summed E-state index contributed by atoms with van der Waals surface area (Å²) in [5.41, 5.74) is 2.24. The molecule has 1 aliphatic rings. The fourth-order valence-corrected chi connectivity index (χ4v) is 4.73. The minimum atomic E-state index is -0.708. The molecule has 1 aliphatic heterocycles. The van der Waals surface area contributed by atoms with Crippen LogP contribution in [0.5, 0.6) is 11.5 Å². The second kappa shape index (κ2) is 12.9. The average molecular weight is 557 g/mol. The molecule has 0 spiro atoms. The Balaban J connectivity index is 1.22. The molecular formula is C31H29FN4O5. The first-order chi connectivity index (χ1) is 19.9. The number of nitrogens with zero attached hydrogens (tertiary/aromatic N) is 2. The molecule has 1 saturated heterocycles. The first kappa shape index (κ1) is 27.6. The molecule has 0 aliphatic carbocycles. The molecule has 0 bridgehead atoms. The van der Waals surface area contributed by atoms with Crippen LogP contribution in [0.4, 0.5) is 9.18 Å². The third-order valence-corrected chi connectivity index (χ3v) is 6.78. The molecule has 5 rings (SSSR count). The van der Waals surface area contributed by atoms with E-state index in [0.717, 1.165) is 11.1 Å². The molecule has 210 valence electrons. The molecule has 3 aromatic carbocycles. The summed E-state index contributed by atoms with van der Waals surface area (Å²) in [5.74, 6) is 0.309. The van der Waals surface area contributed by atoms with Gasteiger partial charge in [-0.2, -0.15) is 0 Å². The van der Waals surface area contributed by atoms with Gasteiger partial charge in [0.25, 0.3) is 0 Å². The van der Waals surface area contributed by atoms with E-state index in [4.69, 9.17) is 9.47 Å². The second-order valence-corrected chi connectivity index (χ2v) is 9.80. The number of H-pyrrole nitrogens is 1. The van der Waals surface area contributed by atoms with Gasteiger partial charge in [0.2, 0.25) is 5.91 Å². The number of imidazole rings is 1. The van der Waals surface area contributed by atoms with Gasteiger partial charge in [0, 0.05) is 24.9 Å². The van der Waals surface area contributed by atoms with E-state index in [1.54, 1.807) is 30.5 Å². The number of ether oxygens (including phenoxy) is 2. The number of hydrogen-bond acceptors (Lipinski definition) is 6. The van der Waals surface area contributed by atoms with E-state index in [0.29, 0.717) is 17.2 Å². The first-order valence-electron chi connectivity index (χ1n) is 13.2. The highest BCUT2D eigenvalue weighted by molar-refractivity contribution is 5.91. The normalized spacial score (nSPS) is 16.3. The lowest BCUT2D eigenvalue weighted by molar-refractivity contribution is -0.136. The van der Waals surface area contributed by atoms with Gasteiger partial charge in [-0.25, -0.2) is 14.2 Å². The predicted octanol–water partition coefficient (Wildman–Crippen LogP) is 4.59. The number of ketones is 1. The van der Waals surface area contributed by atoms with Crippen LogP contribution in [-0.4, -0.2) is 51.3 Å². The van der Waals surface area contributed by atoms with Gasteiger partial charge in [-0.1, -0.05) is 42.5 Å². The summed E-state index contributed by atoms with van der Waals surface area (Å²) in [5, 5.41) is 2.81. The maximum absolute atomic E-state index is 13.5. The first-order valence-corrected chi connectivity index (χ1v) is 13.2. The molecule has 4 aromatic rings. The van der Waals surface area contributed by atoms with Gasteiger partial charge in [-0.05, 0) is 53.9 Å². The van der Waals surface area contributed by atoms with Crippen LogP contribution in [0.2, 0.25) is 0 Å². The molecule has 10 heteroatoms. The zero-order valence-corrected chi connectivity index (χ0v) is 22.2. The number of halogens is 1. The Kier molecular flexibility index (Phi) is 8.68. The number of nitrogens with one attached hydrogen (secondary N) is 2. The molecule has 1 fully saturated rings. The lowest BCUT2D eigenvalue weighted by atomic mass is 10.0. The smallest absolute Gasteiger partial charge is 0.407 e. The summed E-state index contributed by atoms with van der Waals surface area (Å²) >= 11 is 0. The van der Waals surface area contributed by atoms with E-state index in [1.165, 1.54) is 35.5 Å². The quantitative estimate of drug-likeness (QED) is 0.295. The van der Waals surface area contributed by atoms with Crippen molar-refractivity contribution in [3.8, 4) is 11.5 Å². The van der Waals surface area contributed by atoms with Crippen molar-refractivity contribution in [3.63, 3.8) is 0 Å². The van der Waals surface area contributed by atoms with Gasteiger partial charge in [0.05, 0.1) is 24.8 Å². The Hall–Kier alpha value is -4.99. The fraction of sp³-hybridized carbons (Fsp3) is 0.226. The number of Topliss-reactive ketones (excluding diaryl/α,β-unsaturated/α-hetero) is 1. The molecule has 0 radical (unpaired) electrons. The molecule has 0 unspecified atom stereocenters. The molecule has 9 nitrogen and oxygen atoms in total. The number of carbonyl (C=O) groups excluding carboxylic acids is 3. The van der Waals surface area contributed by atoms with Gasteiger partial charge in [0.1, 0.15) is 23.9 Å². The number of likely N-dealkylation sites (tertiary alicyclic amines) is 1. The van der Waals surface area contributed by atoms with E-state index < -0.39 is 18.2 Å². The monoisotopic (exact) mass is 556 g/mol. The van der Waals surface area contributed by atoms with Gasteiger partial charge < -0.3 is 24.7 Å². The van der Waals surface area contributed by atoms with Crippen molar-refractivity contribution in [3.05, 3.63) is 114 Å². The van der Waals surface area contributed by atoms with Crippen LogP contribution in [0.25, 0.3) is 0 Å². The molecular weight excluding hydrogens is 527 g/mol. The number of hydrogen-bond donors (Lipinski definition) is 2. The summed E-state index contributed by atoms with van der Waals surface area (Å²) in [6.07, 6.45) is 2.89. The van der Waals surface area contributed by atoms with E-state index in [-0.39, 0.29) is 49.9 Å². The third-order valence-electron chi connectivity index (χ3n) is 6.78. The van der Waals surface area contributed by atoms with E-state index >= 15 is 0 Å². The van der Waals surface area contributed by atoms with Crippen molar-refractivity contribution < 1.29 is 28.2 Å². The molecule has 41 heavy (non-hydrogen) atoms. The van der Waals surface area contributed by atoms with Gasteiger partial charge in [-0.3, -0.25) is 9.59 Å². The molecule has 2 atom stereocenters. The Morgan fingerprint density at radius 1 is 0.927 bits per heavy atom. The zero-order valence-electron chi connectivity index (χ0n) is 22.2. The molecule has 2 heterocycles. The third kappa shape index (κ3) is 7.57. The summed E-state index contributed by atoms with van der Waals surface area (Å²) in [6.45, 7) is 0.305. The molecule has 1 aromatic heterocycles. The Labute approximate surface area is 236 Å². The summed E-state index contributed by atoms with van der Waals surface area (Å²) in [7, 11) is 0. The highest BCUT2D eigenvalue weighted by Crippen LogP contribution is 2.25. The van der Waals surface area contributed by atoms with Crippen LogP contribution in [0.3, 0.4) is 0 Å². The lowest BCUT2D eigenvalue weighted by Gasteiger charge is -2.23. The van der Waals surface area contributed by atoms with Crippen molar-refractivity contribution in [1.82, 2.24) is 20.2 Å². The molecule has 2 amide bonds. The van der Waals surface area contributed by atoms with Crippen molar-refractivity contribution >= 4 is 17.8 Å². The summed E-state index contributed by atoms with van der Waals surface area (Å²) in [4.78, 5) is 47.5. The molecule has 0 saturated carbocycles. The standard InChI is InChI=1S/C31H29FN4O5/c32-23-8-12-27(13-9-23)41-26-10-6-21(7-11-26)14-29(37)28-15-25(18-36(28)30(38)16-24-17-33-20-34-24)35-31(39)40-19-22-4-2-1-3-5-22/h1-13,17,20,25,28H,14-16,18-19H2,(H,33,34)(H,35,39)/t25-,28+/m1/s1. The van der Waals surface area contributed by atoms with Crippen LogP contribution in [0, 0.1) is 5.82 Å². The van der Waals surface area contributed by atoms with Crippen molar-refractivity contribution in [2.75, 3.05) is 6.54 Å². The SMILES string of the molecule is O=C(N[C@@H]1C[C@@H](C(=O)Cc2ccc(Oc3ccc(F)cc3)cc2)N(C(=O)Cc2cnc[nH]2)C1)OCc1ccccc1. The van der Waals surface area contributed by atoms with Crippen molar-refractivity contribution in [2.45, 2.75) is 38.0 Å². The van der Waals surface area contributed by atoms with Crippen LogP contribution in [-0.2, 0) is 33.8 Å². The fourth-order valence-electron chi connectivity index (χ4n) is 4.73. The predicted molar refractivity (Wildman–Crippen MR) is 148 cm³/mol. The Bertz CT molecular complexity index is 1460. The summed E-state index contributed by atoms with van der Waals surface area (Å²) < 4.78 is 24.2. The number of aromatic amines is 1. The van der Waals surface area contributed by atoms with Crippen molar-refractivity contribution in [2.24, 2.45) is 0 Å². The Morgan fingerprint density at radius 2 is 1.63 bits per heavy atom. The second-order valence-electron chi connectivity index (χ2n) is 9.80. The van der Waals surface area contributed by atoms with Crippen LogP contribution >= 0.6 is 0 Å². The maximum Gasteiger partial charge on any atom is 0.407 e. The van der Waals surface area contributed by atoms with Gasteiger partial charge in [0.15, 0.2) is 5.78 Å². The minimum absolute atomic E-state index is 0.0599. The van der Waals surface area contributed by atoms with E-state index in [1.807, 2.05) is 30.3 Å². The van der Waals surface area contributed by atoms with Crippen LogP contribution in [0.15, 0.2) is 91.4 Å². The van der Waals surface area contributed by atoms with Gasteiger partial charge >= 0.3 is 6.09 Å². The number of alkyl carbamates (subject to hydrolysis) is 1. The van der Waals surface area contributed by atoms with Crippen LogP contribution < -0.4 is 10.1 Å². The highest BCUT2D eigenvalue weighted by atomic mass is 19.1. The number of rotatable bonds is 10. The maximum atomic E-state index is 13.5. The summed E-state index contributed by atoms with van der Waals surface area (Å²) in [6, 6.07) is 20.9. The number of carbonyl (C=O) groups is 3. The van der Waals surface area contributed by atoms with Crippen LogP contribution in [0.1, 0.15) is 23.2 Å². The van der Waals surface area contributed by atoms with Crippen molar-refractivity contribution in [1.29, 1.82) is 0 Å². The largest absolute Gasteiger partial charge is 0.457 e. The zero-order chi connectivity index (χ0) is 28.6. The number of benzene rings is 3. The molecule has 2 N–H and O–H groups in total. The van der Waals surface area contributed by atoms with Gasteiger partial charge in [-0.15, -0.1) is 0 Å². The van der Waals surface area contributed by atoms with E-state index in [2.05, 4.69) is 15.3 Å². The number of aromatic nitrogens is 2. The highest BCUT2D eigenvalue weighted by Gasteiger charge is 2.40. The number of amides is 2. The van der Waals surface area contributed by atoms with E-state index in [9.17, 15) is 18.8 Å². The lowest BCUT2D eigenvalue weighted by Crippen LogP contribution is -2.42. The average Bonchev–Trinajstić information content (AvgIpc) is 3.65. The minimum Gasteiger partial charge on any atom is -0.457 e.